The third kappa shape index (κ3) is 4.93. The summed E-state index contributed by atoms with van der Waals surface area (Å²) in [7, 11) is -2.29. The van der Waals surface area contributed by atoms with Crippen molar-refractivity contribution in [3.8, 4) is 5.75 Å². The molecule has 1 amide bonds. The summed E-state index contributed by atoms with van der Waals surface area (Å²) < 4.78 is 33.2. The fourth-order valence-electron chi connectivity index (χ4n) is 4.07. The quantitative estimate of drug-likeness (QED) is 0.721. The van der Waals surface area contributed by atoms with E-state index in [0.29, 0.717) is 18.7 Å². The molecule has 1 N–H and O–H groups in total. The van der Waals surface area contributed by atoms with E-state index >= 15 is 0 Å². The highest BCUT2D eigenvalue weighted by molar-refractivity contribution is 7.89. The highest BCUT2D eigenvalue weighted by Gasteiger charge is 2.30. The fourth-order valence-corrected chi connectivity index (χ4v) is 5.77. The third-order valence-electron chi connectivity index (χ3n) is 6.06. The van der Waals surface area contributed by atoms with Crippen LogP contribution in [0.1, 0.15) is 64.8 Å². The molecule has 1 atom stereocenters. The topological polar surface area (TPSA) is 75.7 Å². The molecule has 3 rings (SSSR count). The Balaban J connectivity index is 1.88. The SMILES string of the molecule is COc1ccc(C(=O)NC(C)c2cc(C)c(C)cc2C)cc1S(=O)(=O)N1CCCCC1. The zero-order valence-electron chi connectivity index (χ0n) is 19.0. The molecule has 1 aliphatic rings. The van der Waals surface area contributed by atoms with Crippen molar-refractivity contribution in [3.63, 3.8) is 0 Å². The molecule has 2 aromatic rings. The van der Waals surface area contributed by atoms with Crippen molar-refractivity contribution >= 4 is 15.9 Å². The predicted octanol–water partition coefficient (Wildman–Crippen LogP) is 4.29. The number of aryl methyl sites for hydroxylation is 3. The van der Waals surface area contributed by atoms with Crippen molar-refractivity contribution in [1.29, 1.82) is 0 Å². The van der Waals surface area contributed by atoms with Crippen LogP contribution < -0.4 is 10.1 Å². The van der Waals surface area contributed by atoms with Crippen molar-refractivity contribution in [2.45, 2.75) is 57.9 Å². The van der Waals surface area contributed by atoms with E-state index in [1.807, 2.05) is 20.8 Å². The predicted molar refractivity (Wildman–Crippen MR) is 122 cm³/mol. The van der Waals surface area contributed by atoms with Crippen molar-refractivity contribution < 1.29 is 17.9 Å². The minimum atomic E-state index is -3.73. The maximum atomic E-state index is 13.2. The number of amides is 1. The van der Waals surface area contributed by atoms with Gasteiger partial charge in [-0.15, -0.1) is 0 Å². The number of sulfonamides is 1. The molecule has 6 nitrogen and oxygen atoms in total. The molecule has 0 aliphatic carbocycles. The van der Waals surface area contributed by atoms with Crippen molar-refractivity contribution in [1.82, 2.24) is 9.62 Å². The van der Waals surface area contributed by atoms with Gasteiger partial charge in [0.25, 0.3) is 5.91 Å². The van der Waals surface area contributed by atoms with Crippen LogP contribution >= 0.6 is 0 Å². The molecule has 0 spiro atoms. The molecule has 0 radical (unpaired) electrons. The number of carbonyl (C=O) groups excluding carboxylic acids is 1. The van der Waals surface area contributed by atoms with E-state index in [1.54, 1.807) is 12.1 Å². The summed E-state index contributed by atoms with van der Waals surface area (Å²) in [6, 6.07) is 8.58. The number of ether oxygens (including phenoxy) is 1. The average molecular weight is 445 g/mol. The lowest BCUT2D eigenvalue weighted by Gasteiger charge is -2.26. The van der Waals surface area contributed by atoms with Gasteiger partial charge in [-0.1, -0.05) is 18.6 Å². The first-order chi connectivity index (χ1) is 14.6. The van der Waals surface area contributed by atoms with Gasteiger partial charge in [0.2, 0.25) is 10.0 Å². The molecule has 7 heteroatoms. The van der Waals surface area contributed by atoms with E-state index in [0.717, 1.165) is 30.4 Å². The van der Waals surface area contributed by atoms with Crippen LogP contribution in [0.4, 0.5) is 0 Å². The fraction of sp³-hybridized carbons (Fsp3) is 0.458. The van der Waals surface area contributed by atoms with Gasteiger partial charge < -0.3 is 10.1 Å². The third-order valence-corrected chi connectivity index (χ3v) is 7.97. The molecule has 0 saturated carbocycles. The molecule has 0 bridgehead atoms. The molecule has 1 aliphatic heterocycles. The van der Waals surface area contributed by atoms with E-state index in [1.165, 1.54) is 28.6 Å². The number of piperidine rings is 1. The molecule has 1 unspecified atom stereocenters. The second kappa shape index (κ2) is 9.40. The number of methoxy groups -OCH3 is 1. The average Bonchev–Trinajstić information content (AvgIpc) is 2.76. The van der Waals surface area contributed by atoms with Gasteiger partial charge in [0.15, 0.2) is 0 Å². The Morgan fingerprint density at radius 1 is 1.00 bits per heavy atom. The molecule has 0 aromatic heterocycles. The highest BCUT2D eigenvalue weighted by atomic mass is 32.2. The summed E-state index contributed by atoms with van der Waals surface area (Å²) in [5, 5.41) is 3.01. The smallest absolute Gasteiger partial charge is 0.251 e. The van der Waals surface area contributed by atoms with E-state index in [2.05, 4.69) is 24.4 Å². The molecular formula is C24H32N2O4S. The summed E-state index contributed by atoms with van der Waals surface area (Å²) in [6.07, 6.45) is 2.71. The first-order valence-electron chi connectivity index (χ1n) is 10.7. The summed E-state index contributed by atoms with van der Waals surface area (Å²) >= 11 is 0. The summed E-state index contributed by atoms with van der Waals surface area (Å²) in [5.41, 5.74) is 4.83. The zero-order chi connectivity index (χ0) is 22.8. The van der Waals surface area contributed by atoms with Crippen LogP contribution in [0.3, 0.4) is 0 Å². The normalized spacial score (nSPS) is 16.0. The Kier molecular flexibility index (Phi) is 7.06. The van der Waals surface area contributed by atoms with Crippen molar-refractivity contribution in [2.75, 3.05) is 20.2 Å². The van der Waals surface area contributed by atoms with Crippen molar-refractivity contribution in [3.05, 3.63) is 58.1 Å². The monoisotopic (exact) mass is 444 g/mol. The Bertz CT molecular complexity index is 1070. The van der Waals surface area contributed by atoms with Crippen LogP contribution in [-0.2, 0) is 10.0 Å². The largest absolute Gasteiger partial charge is 0.495 e. The van der Waals surface area contributed by atoms with Gasteiger partial charge in [0.1, 0.15) is 10.6 Å². The van der Waals surface area contributed by atoms with Gasteiger partial charge in [-0.25, -0.2) is 8.42 Å². The number of nitrogens with one attached hydrogen (secondary N) is 1. The molecule has 1 saturated heterocycles. The van der Waals surface area contributed by atoms with Crippen LogP contribution in [0.25, 0.3) is 0 Å². The molecule has 31 heavy (non-hydrogen) atoms. The molecule has 1 fully saturated rings. The lowest BCUT2D eigenvalue weighted by Crippen LogP contribution is -2.36. The van der Waals surface area contributed by atoms with Crippen LogP contribution in [0.2, 0.25) is 0 Å². The first-order valence-corrected chi connectivity index (χ1v) is 12.2. The second-order valence-electron chi connectivity index (χ2n) is 8.32. The Morgan fingerprint density at radius 2 is 1.65 bits per heavy atom. The number of hydrogen-bond donors (Lipinski definition) is 1. The van der Waals surface area contributed by atoms with Crippen LogP contribution in [0, 0.1) is 20.8 Å². The van der Waals surface area contributed by atoms with Gasteiger partial charge in [-0.3, -0.25) is 4.79 Å². The highest BCUT2D eigenvalue weighted by Crippen LogP contribution is 2.30. The minimum absolute atomic E-state index is 0.0413. The van der Waals surface area contributed by atoms with E-state index in [-0.39, 0.29) is 22.6 Å². The Labute approximate surface area is 185 Å². The van der Waals surface area contributed by atoms with E-state index in [9.17, 15) is 13.2 Å². The molecule has 168 valence electrons. The number of rotatable bonds is 6. The Hall–Kier alpha value is -2.38. The van der Waals surface area contributed by atoms with Gasteiger partial charge in [0, 0.05) is 18.7 Å². The van der Waals surface area contributed by atoms with Crippen LogP contribution in [0.15, 0.2) is 35.2 Å². The van der Waals surface area contributed by atoms with Gasteiger partial charge >= 0.3 is 0 Å². The maximum absolute atomic E-state index is 13.2. The standard InChI is InChI=1S/C24H32N2O4S/c1-16-13-18(3)21(14-17(16)2)19(4)25-24(27)20-9-10-22(30-5)23(15-20)31(28,29)26-11-7-6-8-12-26/h9-10,13-15,19H,6-8,11-12H2,1-5H3,(H,25,27). The number of carbonyl (C=O) groups is 1. The number of nitrogens with zero attached hydrogens (tertiary/aromatic N) is 1. The van der Waals surface area contributed by atoms with E-state index < -0.39 is 10.0 Å². The Morgan fingerprint density at radius 3 is 2.29 bits per heavy atom. The molecular weight excluding hydrogens is 412 g/mol. The lowest BCUT2D eigenvalue weighted by atomic mass is 9.96. The van der Waals surface area contributed by atoms with Crippen LogP contribution in [-0.4, -0.2) is 38.8 Å². The number of hydrogen-bond acceptors (Lipinski definition) is 4. The summed E-state index contributed by atoms with van der Waals surface area (Å²) in [4.78, 5) is 13.0. The van der Waals surface area contributed by atoms with E-state index in [4.69, 9.17) is 4.74 Å². The van der Waals surface area contributed by atoms with Crippen LogP contribution in [0.5, 0.6) is 5.75 Å². The number of benzene rings is 2. The lowest BCUT2D eigenvalue weighted by molar-refractivity contribution is 0.0939. The van der Waals surface area contributed by atoms with Crippen molar-refractivity contribution in [2.24, 2.45) is 0 Å². The van der Waals surface area contributed by atoms with Gasteiger partial charge in [-0.05, 0) is 81.0 Å². The summed E-state index contributed by atoms with van der Waals surface area (Å²) in [5.74, 6) is -0.0666. The molecule has 1 heterocycles. The van der Waals surface area contributed by atoms with Gasteiger partial charge in [0.05, 0.1) is 13.2 Å². The molecule has 2 aromatic carbocycles. The zero-order valence-corrected chi connectivity index (χ0v) is 19.8. The maximum Gasteiger partial charge on any atom is 0.251 e. The minimum Gasteiger partial charge on any atom is -0.495 e. The second-order valence-corrected chi connectivity index (χ2v) is 10.2. The van der Waals surface area contributed by atoms with Gasteiger partial charge in [-0.2, -0.15) is 4.31 Å². The summed E-state index contributed by atoms with van der Waals surface area (Å²) in [6.45, 7) is 9.06. The first kappa shape index (κ1) is 23.3.